The number of fused-ring (bicyclic) bond motifs is 1. The predicted octanol–water partition coefficient (Wildman–Crippen LogP) is 2.48. The number of rotatable bonds is 4. The van der Waals surface area contributed by atoms with Gasteiger partial charge in [0.2, 0.25) is 5.91 Å². The summed E-state index contributed by atoms with van der Waals surface area (Å²) in [5.41, 5.74) is 3.93. The second kappa shape index (κ2) is 7.18. The standard InChI is InChI=1S/C20H29BN2O3/c1-14(24)23-13-18(21-25-19(2,3)20(4,5)26-21)11-15-6-7-16-8-9-22-12-17(16)10-15/h6-7,10-11,22H,8-9,12-13H2,1-5H3,(H,23,24). The zero-order chi connectivity index (χ0) is 18.9. The normalized spacial score (nSPS) is 21.4. The summed E-state index contributed by atoms with van der Waals surface area (Å²) in [5, 5.41) is 6.29. The van der Waals surface area contributed by atoms with Crippen LogP contribution >= 0.6 is 0 Å². The molecular weight excluding hydrogens is 327 g/mol. The highest BCUT2D eigenvalue weighted by Crippen LogP contribution is 2.38. The molecule has 2 aliphatic rings. The highest BCUT2D eigenvalue weighted by Gasteiger charge is 2.52. The van der Waals surface area contributed by atoms with Crippen LogP contribution in [0.25, 0.3) is 6.08 Å². The minimum atomic E-state index is -0.471. The van der Waals surface area contributed by atoms with Crippen molar-refractivity contribution in [3.8, 4) is 0 Å². The number of benzene rings is 1. The lowest BCUT2D eigenvalue weighted by atomic mass is 9.76. The fourth-order valence-corrected chi connectivity index (χ4v) is 3.23. The van der Waals surface area contributed by atoms with Gasteiger partial charge in [-0.05, 0) is 62.8 Å². The van der Waals surface area contributed by atoms with Crippen molar-refractivity contribution in [3.63, 3.8) is 0 Å². The summed E-state index contributed by atoms with van der Waals surface area (Å²) in [5.74, 6) is -0.0675. The van der Waals surface area contributed by atoms with Gasteiger partial charge in [0.15, 0.2) is 0 Å². The molecule has 1 fully saturated rings. The smallest absolute Gasteiger partial charge is 0.400 e. The van der Waals surface area contributed by atoms with E-state index in [1.54, 1.807) is 0 Å². The first-order valence-corrected chi connectivity index (χ1v) is 9.31. The monoisotopic (exact) mass is 356 g/mol. The van der Waals surface area contributed by atoms with Crippen LogP contribution in [0.3, 0.4) is 0 Å². The molecule has 3 rings (SSSR count). The van der Waals surface area contributed by atoms with Gasteiger partial charge in [0, 0.05) is 20.0 Å². The highest BCUT2D eigenvalue weighted by molar-refractivity contribution is 6.56. The Balaban J connectivity index is 1.89. The molecule has 26 heavy (non-hydrogen) atoms. The quantitative estimate of drug-likeness (QED) is 0.814. The van der Waals surface area contributed by atoms with Crippen molar-refractivity contribution in [2.75, 3.05) is 13.1 Å². The number of nitrogens with one attached hydrogen (secondary N) is 2. The van der Waals surface area contributed by atoms with E-state index in [0.717, 1.165) is 30.5 Å². The maximum absolute atomic E-state index is 11.4. The molecule has 0 saturated carbocycles. The lowest BCUT2D eigenvalue weighted by Gasteiger charge is -2.32. The first kappa shape index (κ1) is 19.1. The van der Waals surface area contributed by atoms with Crippen molar-refractivity contribution in [1.82, 2.24) is 10.6 Å². The zero-order valence-electron chi connectivity index (χ0n) is 16.4. The van der Waals surface area contributed by atoms with E-state index in [1.807, 2.05) is 27.7 Å². The van der Waals surface area contributed by atoms with Crippen LogP contribution in [0.4, 0.5) is 0 Å². The minimum Gasteiger partial charge on any atom is -0.400 e. The molecule has 1 saturated heterocycles. The van der Waals surface area contributed by atoms with Crippen molar-refractivity contribution in [2.45, 2.75) is 58.8 Å². The summed E-state index contributed by atoms with van der Waals surface area (Å²) in [7, 11) is -0.471. The molecular formula is C20H29BN2O3. The summed E-state index contributed by atoms with van der Waals surface area (Å²) < 4.78 is 12.4. The molecule has 1 aromatic carbocycles. The fourth-order valence-electron chi connectivity index (χ4n) is 3.23. The Hall–Kier alpha value is -1.63. The SMILES string of the molecule is CC(=O)NCC(=Cc1ccc2c(c1)CNCC2)B1OC(C)(C)C(C)(C)O1. The van der Waals surface area contributed by atoms with Crippen molar-refractivity contribution in [2.24, 2.45) is 0 Å². The Labute approximate surface area is 156 Å². The molecule has 0 aliphatic carbocycles. The van der Waals surface area contributed by atoms with E-state index in [0.29, 0.717) is 6.54 Å². The van der Waals surface area contributed by atoms with E-state index in [9.17, 15) is 4.79 Å². The van der Waals surface area contributed by atoms with Gasteiger partial charge in [-0.25, -0.2) is 0 Å². The third kappa shape index (κ3) is 4.03. The molecule has 6 heteroatoms. The largest absolute Gasteiger partial charge is 0.492 e. The van der Waals surface area contributed by atoms with Gasteiger partial charge in [-0.3, -0.25) is 4.79 Å². The summed E-state index contributed by atoms with van der Waals surface area (Å²) in [4.78, 5) is 11.4. The van der Waals surface area contributed by atoms with Crippen molar-refractivity contribution < 1.29 is 14.1 Å². The topological polar surface area (TPSA) is 59.6 Å². The molecule has 5 nitrogen and oxygen atoms in total. The Morgan fingerprint density at radius 2 is 1.92 bits per heavy atom. The van der Waals surface area contributed by atoms with Crippen LogP contribution in [0.2, 0.25) is 0 Å². The third-order valence-corrected chi connectivity index (χ3v) is 5.57. The maximum Gasteiger partial charge on any atom is 0.492 e. The first-order chi connectivity index (χ1) is 12.2. The number of carbonyl (C=O) groups is 1. The number of hydrogen-bond acceptors (Lipinski definition) is 4. The van der Waals surface area contributed by atoms with Gasteiger partial charge in [-0.2, -0.15) is 0 Å². The third-order valence-electron chi connectivity index (χ3n) is 5.57. The Morgan fingerprint density at radius 3 is 2.58 bits per heavy atom. The van der Waals surface area contributed by atoms with Crippen LogP contribution < -0.4 is 10.6 Å². The van der Waals surface area contributed by atoms with Crippen LogP contribution in [-0.4, -0.2) is 37.3 Å². The van der Waals surface area contributed by atoms with Gasteiger partial charge in [-0.15, -0.1) is 0 Å². The second-order valence-electron chi connectivity index (χ2n) is 8.17. The van der Waals surface area contributed by atoms with Crippen LogP contribution in [0.1, 0.15) is 51.3 Å². The Bertz CT molecular complexity index is 712. The number of carbonyl (C=O) groups excluding carboxylic acids is 1. The molecule has 1 aromatic rings. The average Bonchev–Trinajstić information content (AvgIpc) is 2.79. The van der Waals surface area contributed by atoms with E-state index < -0.39 is 18.3 Å². The molecule has 0 spiro atoms. The number of hydrogen-bond donors (Lipinski definition) is 2. The molecule has 2 heterocycles. The fraction of sp³-hybridized carbons (Fsp3) is 0.550. The predicted molar refractivity (Wildman–Crippen MR) is 105 cm³/mol. The van der Waals surface area contributed by atoms with Crippen molar-refractivity contribution in [3.05, 3.63) is 40.4 Å². The molecule has 140 valence electrons. The summed E-state index contributed by atoms with van der Waals surface area (Å²) in [6.07, 6.45) is 3.14. The average molecular weight is 356 g/mol. The molecule has 0 bridgehead atoms. The van der Waals surface area contributed by atoms with E-state index >= 15 is 0 Å². The van der Waals surface area contributed by atoms with Gasteiger partial charge in [0.25, 0.3) is 0 Å². The van der Waals surface area contributed by atoms with Gasteiger partial charge in [0.1, 0.15) is 0 Å². The lowest BCUT2D eigenvalue weighted by molar-refractivity contribution is -0.118. The van der Waals surface area contributed by atoms with Gasteiger partial charge in [0.05, 0.1) is 11.2 Å². The number of amides is 1. The van der Waals surface area contributed by atoms with Crippen molar-refractivity contribution >= 4 is 19.1 Å². The van der Waals surface area contributed by atoms with Gasteiger partial charge in [-0.1, -0.05) is 24.3 Å². The Kier molecular flexibility index (Phi) is 5.29. The van der Waals surface area contributed by atoms with E-state index in [1.165, 1.54) is 18.1 Å². The van der Waals surface area contributed by atoms with E-state index in [4.69, 9.17) is 9.31 Å². The van der Waals surface area contributed by atoms with Crippen LogP contribution in [-0.2, 0) is 27.1 Å². The molecule has 2 aliphatic heterocycles. The van der Waals surface area contributed by atoms with Crippen LogP contribution in [0.15, 0.2) is 23.7 Å². The van der Waals surface area contributed by atoms with Crippen molar-refractivity contribution in [1.29, 1.82) is 0 Å². The molecule has 2 N–H and O–H groups in total. The Morgan fingerprint density at radius 1 is 1.23 bits per heavy atom. The van der Waals surface area contributed by atoms with Crippen LogP contribution in [0.5, 0.6) is 0 Å². The maximum atomic E-state index is 11.4. The van der Waals surface area contributed by atoms with E-state index in [-0.39, 0.29) is 5.91 Å². The highest BCUT2D eigenvalue weighted by atomic mass is 16.7. The zero-order valence-corrected chi connectivity index (χ0v) is 16.4. The molecule has 0 unspecified atom stereocenters. The molecule has 0 aromatic heterocycles. The van der Waals surface area contributed by atoms with Crippen LogP contribution in [0, 0.1) is 0 Å². The molecule has 0 radical (unpaired) electrons. The van der Waals surface area contributed by atoms with Gasteiger partial charge >= 0.3 is 7.12 Å². The second-order valence-corrected chi connectivity index (χ2v) is 8.17. The summed E-state index contributed by atoms with van der Waals surface area (Å²) in [6, 6.07) is 6.53. The lowest BCUT2D eigenvalue weighted by Crippen LogP contribution is -2.41. The van der Waals surface area contributed by atoms with Gasteiger partial charge < -0.3 is 19.9 Å². The minimum absolute atomic E-state index is 0.0675. The summed E-state index contributed by atoms with van der Waals surface area (Å²) in [6.45, 7) is 12.0. The summed E-state index contributed by atoms with van der Waals surface area (Å²) >= 11 is 0. The first-order valence-electron chi connectivity index (χ1n) is 9.31. The van der Waals surface area contributed by atoms with E-state index in [2.05, 4.69) is 34.9 Å². The molecule has 0 atom stereocenters. The molecule has 1 amide bonds.